The van der Waals surface area contributed by atoms with Crippen LogP contribution in [0.5, 0.6) is 0 Å². The smallest absolute Gasteiger partial charge is 0.229 e. The second-order valence-electron chi connectivity index (χ2n) is 15.1. The number of rotatable bonds is 9. The molecular formula is C34H42FN5O2. The number of hydrogen-bond acceptors (Lipinski definition) is 5. The molecule has 222 valence electrons. The predicted molar refractivity (Wildman–Crippen MR) is 158 cm³/mol. The molecule has 10 rings (SSSR count). The largest absolute Gasteiger partial charge is 0.339 e. The Kier molecular flexibility index (Phi) is 5.69. The van der Waals surface area contributed by atoms with Crippen molar-refractivity contribution >= 4 is 11.6 Å². The Balaban J connectivity index is 1.05. The van der Waals surface area contributed by atoms with E-state index in [0.717, 1.165) is 49.8 Å². The van der Waals surface area contributed by atoms with Crippen LogP contribution >= 0.6 is 0 Å². The van der Waals surface area contributed by atoms with E-state index in [1.54, 1.807) is 0 Å². The van der Waals surface area contributed by atoms with Crippen molar-refractivity contribution in [2.24, 2.45) is 17.9 Å². The van der Waals surface area contributed by atoms with Crippen LogP contribution in [0.1, 0.15) is 120 Å². The summed E-state index contributed by atoms with van der Waals surface area (Å²) in [5.41, 5.74) is 3.57. The van der Waals surface area contributed by atoms with Crippen molar-refractivity contribution in [3.63, 3.8) is 0 Å². The summed E-state index contributed by atoms with van der Waals surface area (Å²) in [6.45, 7) is 4.77. The van der Waals surface area contributed by atoms with Gasteiger partial charge < -0.3 is 9.42 Å². The maximum atomic E-state index is 14.4. The van der Waals surface area contributed by atoms with Crippen LogP contribution < -0.4 is 4.90 Å². The Labute approximate surface area is 247 Å². The van der Waals surface area contributed by atoms with Gasteiger partial charge in [0.05, 0.1) is 5.69 Å². The fraction of sp³-hybridized carbons (Fsp3) is 0.647. The molecule has 1 aromatic carbocycles. The van der Waals surface area contributed by atoms with Gasteiger partial charge in [-0.2, -0.15) is 10.1 Å². The molecule has 7 saturated carbocycles. The number of amides is 1. The van der Waals surface area contributed by atoms with Gasteiger partial charge in [0, 0.05) is 54.2 Å². The number of anilines is 1. The van der Waals surface area contributed by atoms with Gasteiger partial charge in [-0.3, -0.25) is 9.48 Å². The number of nitrogens with zero attached hydrogens (tertiary/aromatic N) is 5. The van der Waals surface area contributed by atoms with Gasteiger partial charge in [-0.1, -0.05) is 31.1 Å². The highest BCUT2D eigenvalue weighted by Gasteiger charge is 2.69. The zero-order chi connectivity index (χ0) is 28.9. The van der Waals surface area contributed by atoms with Crippen LogP contribution in [0.25, 0.3) is 11.4 Å². The molecule has 7 fully saturated rings. The van der Waals surface area contributed by atoms with Gasteiger partial charge in [0.15, 0.2) is 0 Å². The number of aryl methyl sites for hydroxylation is 1. The van der Waals surface area contributed by atoms with Gasteiger partial charge in [0.25, 0.3) is 0 Å². The van der Waals surface area contributed by atoms with Crippen LogP contribution in [0, 0.1) is 10.8 Å². The van der Waals surface area contributed by atoms with E-state index in [1.165, 1.54) is 24.2 Å². The van der Waals surface area contributed by atoms with Gasteiger partial charge in [-0.25, -0.2) is 4.39 Å². The third-order valence-corrected chi connectivity index (χ3v) is 11.6. The lowest BCUT2D eigenvalue weighted by molar-refractivity contribution is -0.215. The van der Waals surface area contributed by atoms with E-state index in [2.05, 4.69) is 27.9 Å². The molecule has 0 N–H and O–H groups in total. The molecule has 7 aliphatic rings. The average Bonchev–Trinajstić information content (AvgIpc) is 3.52. The summed E-state index contributed by atoms with van der Waals surface area (Å²) < 4.78 is 22.0. The topological polar surface area (TPSA) is 77.1 Å². The van der Waals surface area contributed by atoms with Crippen molar-refractivity contribution in [3.8, 4) is 11.4 Å². The second-order valence-corrected chi connectivity index (χ2v) is 15.1. The predicted octanol–water partition coefficient (Wildman–Crippen LogP) is 7.38. The lowest BCUT2D eigenvalue weighted by atomic mass is 9.41. The fourth-order valence-corrected chi connectivity index (χ4v) is 8.91. The van der Waals surface area contributed by atoms with E-state index < -0.39 is 5.67 Å². The average molecular weight is 572 g/mol. The zero-order valence-electron chi connectivity index (χ0n) is 25.2. The SMILES string of the molecule is CC(C)c1nc(-c2cccc(N(CC34CCC(c5cc(C6CC6)n(C)n5)(CC3)CC4)C(=O)CC34CC(F)(C3)C4)c2)no1. The minimum atomic E-state index is -1.00. The third-order valence-electron chi connectivity index (χ3n) is 11.6. The Bertz CT molecular complexity index is 1510. The van der Waals surface area contributed by atoms with Crippen molar-refractivity contribution in [1.29, 1.82) is 0 Å². The van der Waals surface area contributed by atoms with Gasteiger partial charge in [-0.05, 0) is 99.7 Å². The minimum absolute atomic E-state index is 0.0964. The molecule has 7 aliphatic carbocycles. The first-order chi connectivity index (χ1) is 20.1. The van der Waals surface area contributed by atoms with E-state index in [1.807, 2.05) is 43.0 Å². The summed E-state index contributed by atoms with van der Waals surface area (Å²) >= 11 is 0. The molecule has 3 aromatic rings. The fourth-order valence-electron chi connectivity index (χ4n) is 8.91. The Morgan fingerprint density at radius 1 is 1.07 bits per heavy atom. The Morgan fingerprint density at radius 3 is 2.40 bits per heavy atom. The number of carbonyl (C=O) groups excluding carboxylic acids is 1. The van der Waals surface area contributed by atoms with Gasteiger partial charge >= 0.3 is 0 Å². The summed E-state index contributed by atoms with van der Waals surface area (Å²) in [4.78, 5) is 20.7. The van der Waals surface area contributed by atoms with Crippen molar-refractivity contribution in [1.82, 2.24) is 19.9 Å². The molecule has 0 saturated heterocycles. The van der Waals surface area contributed by atoms with Crippen LogP contribution in [0.15, 0.2) is 34.9 Å². The molecule has 2 heterocycles. The van der Waals surface area contributed by atoms with E-state index in [4.69, 9.17) is 9.62 Å². The van der Waals surface area contributed by atoms with Crippen molar-refractivity contribution in [3.05, 3.63) is 47.6 Å². The molecule has 7 nitrogen and oxygen atoms in total. The van der Waals surface area contributed by atoms with Gasteiger partial charge in [-0.15, -0.1) is 0 Å². The normalized spacial score (nSPS) is 33.0. The highest BCUT2D eigenvalue weighted by atomic mass is 19.1. The van der Waals surface area contributed by atoms with E-state index >= 15 is 0 Å². The van der Waals surface area contributed by atoms with E-state index in [-0.39, 0.29) is 28.1 Å². The molecule has 0 atom stereocenters. The first-order valence-corrected chi connectivity index (χ1v) is 16.1. The molecular weight excluding hydrogens is 529 g/mol. The highest BCUT2D eigenvalue weighted by Crippen LogP contribution is 2.71. The first kappa shape index (κ1) is 26.6. The summed E-state index contributed by atoms with van der Waals surface area (Å²) in [6.07, 6.45) is 11.3. The monoisotopic (exact) mass is 571 g/mol. The Hall–Kier alpha value is -3.03. The lowest BCUT2D eigenvalue weighted by Crippen LogP contribution is -2.65. The number of hydrogen-bond donors (Lipinski definition) is 0. The van der Waals surface area contributed by atoms with Crippen molar-refractivity contribution < 1.29 is 13.7 Å². The highest BCUT2D eigenvalue weighted by molar-refractivity contribution is 5.94. The number of alkyl halides is 1. The number of carbonyl (C=O) groups is 1. The summed E-state index contributed by atoms with van der Waals surface area (Å²) in [6, 6.07) is 10.4. The summed E-state index contributed by atoms with van der Waals surface area (Å²) in [5, 5.41) is 9.26. The van der Waals surface area contributed by atoms with Crippen LogP contribution in [-0.4, -0.2) is 38.0 Å². The molecule has 0 radical (unpaired) electrons. The lowest BCUT2D eigenvalue weighted by Gasteiger charge is -2.66. The molecule has 4 bridgehead atoms. The molecule has 0 unspecified atom stereocenters. The molecule has 42 heavy (non-hydrogen) atoms. The van der Waals surface area contributed by atoms with E-state index in [0.29, 0.717) is 49.9 Å². The molecule has 0 aliphatic heterocycles. The zero-order valence-corrected chi connectivity index (χ0v) is 25.2. The Morgan fingerprint density at radius 2 is 1.79 bits per heavy atom. The number of halogens is 1. The number of fused-ring (bicyclic) bond motifs is 3. The third kappa shape index (κ3) is 4.26. The quantitative estimate of drug-likeness (QED) is 0.268. The molecule has 0 spiro atoms. The van der Waals surface area contributed by atoms with Gasteiger partial charge in [0.1, 0.15) is 5.67 Å². The standard InChI is InChI=1S/C34H42FN5O2/c1-22(2)30-36-29(38-42-30)24-5-4-6-25(15-24)40(28(41)17-32-18-34(35,19-32)20-32)21-31-9-12-33(13-10-31,14-11-31)27-16-26(23-7-8-23)39(3)37-27/h4-6,15-16,22-23H,7-14,17-21H2,1-3H3. The van der Waals surface area contributed by atoms with Crippen LogP contribution in [0.4, 0.5) is 10.1 Å². The first-order valence-electron chi connectivity index (χ1n) is 16.1. The van der Waals surface area contributed by atoms with Crippen LogP contribution in [-0.2, 0) is 17.3 Å². The van der Waals surface area contributed by atoms with E-state index in [9.17, 15) is 9.18 Å². The second kappa shape index (κ2) is 8.99. The van der Waals surface area contributed by atoms with Crippen LogP contribution in [0.2, 0.25) is 0 Å². The summed E-state index contributed by atoms with van der Waals surface area (Å²) in [5.74, 6) is 2.13. The molecule has 8 heteroatoms. The number of aromatic nitrogens is 4. The van der Waals surface area contributed by atoms with Crippen molar-refractivity contribution in [2.45, 2.75) is 114 Å². The van der Waals surface area contributed by atoms with Gasteiger partial charge in [0.2, 0.25) is 17.6 Å². The van der Waals surface area contributed by atoms with Crippen LogP contribution in [0.3, 0.4) is 0 Å². The minimum Gasteiger partial charge on any atom is -0.339 e. The maximum absolute atomic E-state index is 14.4. The van der Waals surface area contributed by atoms with Crippen molar-refractivity contribution in [2.75, 3.05) is 11.4 Å². The molecule has 1 amide bonds. The summed E-state index contributed by atoms with van der Waals surface area (Å²) in [7, 11) is 2.11. The molecule has 2 aromatic heterocycles. The number of benzene rings is 1. The maximum Gasteiger partial charge on any atom is 0.229 e.